The van der Waals surface area contributed by atoms with Crippen LogP contribution in [0.5, 0.6) is 0 Å². The number of nitrogens with two attached hydrogens (primary N) is 1. The van der Waals surface area contributed by atoms with Crippen LogP contribution in [-0.2, 0) is 0 Å². The third-order valence-electron chi connectivity index (χ3n) is 1.97. The van der Waals surface area contributed by atoms with E-state index in [9.17, 15) is 0 Å². The molecule has 3 N–H and O–H groups in total. The van der Waals surface area contributed by atoms with Gasteiger partial charge in [0.15, 0.2) is 0 Å². The Morgan fingerprint density at radius 2 is 1.88 bits per heavy atom. The second-order valence-electron chi connectivity index (χ2n) is 3.17. The molecule has 1 heterocycles. The smallest absolute Gasteiger partial charge is 0.149 e. The highest BCUT2D eigenvalue weighted by Crippen LogP contribution is 2.36. The Morgan fingerprint density at radius 3 is 2.53 bits per heavy atom. The van der Waals surface area contributed by atoms with Crippen LogP contribution in [-0.4, -0.2) is 9.97 Å². The summed E-state index contributed by atoms with van der Waals surface area (Å²) in [5, 5.41) is 3.86. The van der Waals surface area contributed by atoms with E-state index in [1.165, 1.54) is 12.4 Å². The van der Waals surface area contributed by atoms with E-state index in [0.29, 0.717) is 27.4 Å². The number of aromatic nitrogens is 2. The molecule has 0 saturated carbocycles. The van der Waals surface area contributed by atoms with Gasteiger partial charge >= 0.3 is 0 Å². The summed E-state index contributed by atoms with van der Waals surface area (Å²) in [5.41, 5.74) is 6.09. The lowest BCUT2D eigenvalue weighted by molar-refractivity contribution is 1.21. The van der Waals surface area contributed by atoms with E-state index in [4.69, 9.17) is 28.9 Å². The third-order valence-corrected chi connectivity index (χ3v) is 3.74. The van der Waals surface area contributed by atoms with E-state index < -0.39 is 0 Å². The monoisotopic (exact) mass is 332 g/mol. The van der Waals surface area contributed by atoms with Crippen molar-refractivity contribution in [3.63, 3.8) is 0 Å². The Morgan fingerprint density at radius 1 is 1.12 bits per heavy atom. The van der Waals surface area contributed by atoms with Gasteiger partial charge in [0.1, 0.15) is 11.6 Å². The zero-order valence-electron chi connectivity index (χ0n) is 8.42. The van der Waals surface area contributed by atoms with E-state index in [2.05, 4.69) is 31.2 Å². The largest absolute Gasteiger partial charge is 0.382 e. The molecule has 4 nitrogen and oxygen atoms in total. The Labute approximate surface area is 116 Å². The highest BCUT2D eigenvalue weighted by atomic mass is 79.9. The standard InChI is InChI=1S/C10H7BrCl2N4/c11-5-1-2-6(10(13)9(5)12)17-8-4-15-7(14)3-16-8/h1-4H,(H2,14,15)(H,16,17). The van der Waals surface area contributed by atoms with Crippen LogP contribution in [0.15, 0.2) is 29.0 Å². The van der Waals surface area contributed by atoms with Gasteiger partial charge in [0.2, 0.25) is 0 Å². The zero-order chi connectivity index (χ0) is 12.4. The van der Waals surface area contributed by atoms with E-state index >= 15 is 0 Å². The molecular formula is C10H7BrCl2N4. The number of nitrogen functional groups attached to an aromatic ring is 1. The molecule has 0 radical (unpaired) electrons. The molecule has 7 heteroatoms. The Balaban J connectivity index is 2.30. The van der Waals surface area contributed by atoms with Gasteiger partial charge < -0.3 is 11.1 Å². The van der Waals surface area contributed by atoms with Gasteiger partial charge in [-0.1, -0.05) is 23.2 Å². The van der Waals surface area contributed by atoms with Crippen molar-refractivity contribution in [1.29, 1.82) is 0 Å². The minimum atomic E-state index is 0.357. The molecule has 1 aromatic heterocycles. The van der Waals surface area contributed by atoms with E-state index in [0.717, 1.165) is 4.47 Å². The molecule has 0 aliphatic rings. The van der Waals surface area contributed by atoms with Gasteiger partial charge in [0.05, 0.1) is 28.1 Å². The second-order valence-corrected chi connectivity index (χ2v) is 4.78. The van der Waals surface area contributed by atoms with Crippen molar-refractivity contribution in [2.45, 2.75) is 0 Å². The van der Waals surface area contributed by atoms with Crippen molar-refractivity contribution in [3.05, 3.63) is 39.0 Å². The Bertz CT molecular complexity index is 545. The van der Waals surface area contributed by atoms with Crippen LogP contribution in [0, 0.1) is 0 Å². The van der Waals surface area contributed by atoms with E-state index in [-0.39, 0.29) is 0 Å². The van der Waals surface area contributed by atoms with Crippen molar-refractivity contribution in [1.82, 2.24) is 9.97 Å². The Kier molecular flexibility index (Phi) is 3.71. The average molecular weight is 334 g/mol. The minimum absolute atomic E-state index is 0.357. The van der Waals surface area contributed by atoms with Gasteiger partial charge in [-0.15, -0.1) is 0 Å². The molecule has 0 aliphatic heterocycles. The zero-order valence-corrected chi connectivity index (χ0v) is 11.5. The highest BCUT2D eigenvalue weighted by molar-refractivity contribution is 9.10. The number of halogens is 3. The lowest BCUT2D eigenvalue weighted by atomic mass is 10.3. The lowest BCUT2D eigenvalue weighted by Crippen LogP contribution is -1.97. The first-order valence-corrected chi connectivity index (χ1v) is 6.11. The summed E-state index contributed by atoms with van der Waals surface area (Å²) in [6.07, 6.45) is 2.97. The highest BCUT2D eigenvalue weighted by Gasteiger charge is 2.08. The fourth-order valence-corrected chi connectivity index (χ4v) is 1.98. The molecule has 0 amide bonds. The van der Waals surface area contributed by atoms with Crippen LogP contribution in [0.2, 0.25) is 10.0 Å². The first-order chi connectivity index (χ1) is 8.08. The van der Waals surface area contributed by atoms with Crippen LogP contribution >= 0.6 is 39.1 Å². The molecule has 0 fully saturated rings. The number of nitrogens with zero attached hydrogens (tertiary/aromatic N) is 2. The van der Waals surface area contributed by atoms with Crippen LogP contribution in [0.3, 0.4) is 0 Å². The fourth-order valence-electron chi connectivity index (χ4n) is 1.16. The van der Waals surface area contributed by atoms with Crippen LogP contribution in [0.25, 0.3) is 0 Å². The molecule has 0 atom stereocenters. The van der Waals surface area contributed by atoms with Crippen LogP contribution < -0.4 is 11.1 Å². The second kappa shape index (κ2) is 5.08. The Hall–Kier alpha value is -1.04. The fraction of sp³-hybridized carbons (Fsp3) is 0. The summed E-state index contributed by atoms with van der Waals surface area (Å²) < 4.78 is 0.734. The molecule has 0 saturated heterocycles. The van der Waals surface area contributed by atoms with Gasteiger partial charge in [-0.05, 0) is 28.1 Å². The summed E-state index contributed by atoms with van der Waals surface area (Å²) in [4.78, 5) is 7.97. The van der Waals surface area contributed by atoms with Gasteiger partial charge in [0, 0.05) is 4.47 Å². The van der Waals surface area contributed by atoms with E-state index in [1.54, 1.807) is 12.1 Å². The van der Waals surface area contributed by atoms with Gasteiger partial charge in [-0.2, -0.15) is 0 Å². The number of nitrogens with one attached hydrogen (secondary N) is 1. The van der Waals surface area contributed by atoms with Crippen molar-refractivity contribution < 1.29 is 0 Å². The number of benzene rings is 1. The first kappa shape index (κ1) is 12.4. The van der Waals surface area contributed by atoms with Crippen molar-refractivity contribution in [3.8, 4) is 0 Å². The number of hydrogen-bond acceptors (Lipinski definition) is 4. The molecule has 2 aromatic rings. The molecule has 0 bridgehead atoms. The molecule has 17 heavy (non-hydrogen) atoms. The van der Waals surface area contributed by atoms with Gasteiger partial charge in [0.25, 0.3) is 0 Å². The molecular weight excluding hydrogens is 327 g/mol. The summed E-state index contributed by atoms with van der Waals surface area (Å²) >= 11 is 15.4. The number of rotatable bonds is 2. The number of hydrogen-bond donors (Lipinski definition) is 2. The predicted molar refractivity (Wildman–Crippen MR) is 73.9 cm³/mol. The van der Waals surface area contributed by atoms with Crippen LogP contribution in [0.4, 0.5) is 17.3 Å². The molecule has 88 valence electrons. The normalized spacial score (nSPS) is 10.3. The third kappa shape index (κ3) is 2.80. The van der Waals surface area contributed by atoms with Gasteiger partial charge in [-0.3, -0.25) is 0 Å². The molecule has 2 rings (SSSR count). The topological polar surface area (TPSA) is 63.8 Å². The summed E-state index contributed by atoms with van der Waals surface area (Å²) in [7, 11) is 0. The number of anilines is 3. The van der Waals surface area contributed by atoms with Crippen molar-refractivity contribution >= 4 is 56.5 Å². The van der Waals surface area contributed by atoms with Crippen molar-refractivity contribution in [2.24, 2.45) is 0 Å². The van der Waals surface area contributed by atoms with Gasteiger partial charge in [-0.25, -0.2) is 9.97 Å². The molecule has 1 aromatic carbocycles. The first-order valence-electron chi connectivity index (χ1n) is 4.56. The van der Waals surface area contributed by atoms with E-state index in [1.807, 2.05) is 0 Å². The summed E-state index contributed by atoms with van der Waals surface area (Å²) in [6.45, 7) is 0. The predicted octanol–water partition coefficient (Wildman–Crippen LogP) is 3.87. The van der Waals surface area contributed by atoms with Crippen LogP contribution in [0.1, 0.15) is 0 Å². The maximum atomic E-state index is 6.08. The minimum Gasteiger partial charge on any atom is -0.382 e. The molecule has 0 unspecified atom stereocenters. The summed E-state index contributed by atoms with van der Waals surface area (Å²) in [5.74, 6) is 0.898. The van der Waals surface area contributed by atoms with Crippen molar-refractivity contribution in [2.75, 3.05) is 11.1 Å². The average Bonchev–Trinajstić information content (AvgIpc) is 2.33. The molecule has 0 aliphatic carbocycles. The lowest BCUT2D eigenvalue weighted by Gasteiger charge is -2.09. The maximum Gasteiger partial charge on any atom is 0.149 e. The summed E-state index contributed by atoms with van der Waals surface area (Å²) in [6, 6.07) is 3.58. The maximum absolute atomic E-state index is 6.08. The SMILES string of the molecule is Nc1cnc(Nc2ccc(Br)c(Cl)c2Cl)cn1. The quantitative estimate of drug-likeness (QED) is 0.819. The molecule has 0 spiro atoms.